The Kier molecular flexibility index (Phi) is 7.38. The van der Waals surface area contributed by atoms with Crippen molar-refractivity contribution in [2.75, 3.05) is 30.4 Å². The number of amides is 1. The molecule has 2 aromatic rings. The van der Waals surface area contributed by atoms with Crippen LogP contribution in [-0.4, -0.2) is 55.3 Å². The second kappa shape index (κ2) is 9.53. The predicted molar refractivity (Wildman–Crippen MR) is 97.5 cm³/mol. The average molecular weight is 367 g/mol. The average Bonchev–Trinajstić information content (AvgIpc) is 2.95. The van der Waals surface area contributed by atoms with Crippen LogP contribution in [-0.2, 0) is 11.2 Å². The number of nitrogen functional groups attached to an aromatic ring is 1. The zero-order valence-electron chi connectivity index (χ0n) is 13.9. The van der Waals surface area contributed by atoms with Crippen molar-refractivity contribution < 1.29 is 4.79 Å². The highest BCUT2D eigenvalue weighted by molar-refractivity contribution is 8.00. The third-order valence-electron chi connectivity index (χ3n) is 3.45. The molecule has 9 heteroatoms. The standard InChI is InChI=1S/C15H22N6OS2/c1-3-20(4-2)13(22)11-24-15-19-18-14(21(15)16)23-10-7-12-5-8-17-9-6-12/h5-6,8-9H,3-4,7,10-11,16H2,1-2H3. The van der Waals surface area contributed by atoms with Crippen LogP contribution in [0.15, 0.2) is 34.8 Å². The molecule has 2 heterocycles. The number of rotatable bonds is 9. The second-order valence-electron chi connectivity index (χ2n) is 4.94. The molecule has 2 rings (SSSR count). The van der Waals surface area contributed by atoms with Gasteiger partial charge in [0.25, 0.3) is 0 Å². The van der Waals surface area contributed by atoms with Gasteiger partial charge in [-0.25, -0.2) is 4.68 Å². The molecule has 2 aromatic heterocycles. The normalized spacial score (nSPS) is 10.8. The van der Waals surface area contributed by atoms with E-state index in [1.807, 2.05) is 26.0 Å². The van der Waals surface area contributed by atoms with Gasteiger partial charge in [0.2, 0.25) is 16.2 Å². The highest BCUT2D eigenvalue weighted by Crippen LogP contribution is 2.21. The van der Waals surface area contributed by atoms with Gasteiger partial charge in [0.05, 0.1) is 5.75 Å². The van der Waals surface area contributed by atoms with Gasteiger partial charge >= 0.3 is 0 Å². The van der Waals surface area contributed by atoms with Gasteiger partial charge in [-0.15, -0.1) is 10.2 Å². The number of nitrogens with zero attached hydrogens (tertiary/aromatic N) is 5. The summed E-state index contributed by atoms with van der Waals surface area (Å²) in [5.74, 6) is 7.28. The Bertz CT molecular complexity index is 645. The summed E-state index contributed by atoms with van der Waals surface area (Å²) in [5, 5.41) is 9.39. The minimum Gasteiger partial charge on any atom is -0.343 e. The maximum Gasteiger partial charge on any atom is 0.233 e. The lowest BCUT2D eigenvalue weighted by atomic mass is 10.2. The van der Waals surface area contributed by atoms with Crippen LogP contribution in [0.4, 0.5) is 0 Å². The number of nitrogens with two attached hydrogens (primary N) is 1. The first-order valence-electron chi connectivity index (χ1n) is 7.78. The predicted octanol–water partition coefficient (Wildman–Crippen LogP) is 1.68. The number of carbonyl (C=O) groups is 1. The molecule has 0 radical (unpaired) electrons. The Labute approximate surface area is 150 Å². The third-order valence-corrected chi connectivity index (χ3v) is 5.32. The summed E-state index contributed by atoms with van der Waals surface area (Å²) in [6, 6.07) is 3.99. The van der Waals surface area contributed by atoms with Crippen LogP contribution in [0.25, 0.3) is 0 Å². The van der Waals surface area contributed by atoms with E-state index in [-0.39, 0.29) is 5.91 Å². The van der Waals surface area contributed by atoms with Crippen LogP contribution in [0.1, 0.15) is 19.4 Å². The molecule has 0 saturated heterocycles. The van der Waals surface area contributed by atoms with Crippen molar-refractivity contribution >= 4 is 29.4 Å². The Morgan fingerprint density at radius 3 is 2.42 bits per heavy atom. The minimum atomic E-state index is 0.0832. The minimum absolute atomic E-state index is 0.0832. The van der Waals surface area contributed by atoms with Crippen LogP contribution < -0.4 is 5.84 Å². The Balaban J connectivity index is 1.83. The molecular weight excluding hydrogens is 344 g/mol. The first-order valence-corrected chi connectivity index (χ1v) is 9.75. The molecule has 0 aliphatic carbocycles. The summed E-state index contributed by atoms with van der Waals surface area (Å²) in [6.45, 7) is 5.35. The van der Waals surface area contributed by atoms with Crippen LogP contribution in [0.5, 0.6) is 0 Å². The van der Waals surface area contributed by atoms with E-state index in [9.17, 15) is 4.79 Å². The first kappa shape index (κ1) is 18.6. The van der Waals surface area contributed by atoms with Crippen molar-refractivity contribution in [1.29, 1.82) is 0 Å². The highest BCUT2D eigenvalue weighted by Gasteiger charge is 2.15. The monoisotopic (exact) mass is 366 g/mol. The smallest absolute Gasteiger partial charge is 0.233 e. The first-order chi connectivity index (χ1) is 11.7. The zero-order chi connectivity index (χ0) is 17.4. The summed E-state index contributed by atoms with van der Waals surface area (Å²) in [6.07, 6.45) is 4.48. The van der Waals surface area contributed by atoms with Crippen LogP contribution in [0, 0.1) is 0 Å². The molecule has 1 amide bonds. The fourth-order valence-electron chi connectivity index (χ4n) is 2.06. The molecule has 0 bridgehead atoms. The quantitative estimate of drug-likeness (QED) is 0.533. The number of pyridine rings is 1. The fraction of sp³-hybridized carbons (Fsp3) is 0.467. The molecule has 0 aliphatic heterocycles. The van der Waals surface area contributed by atoms with Gasteiger partial charge in [-0.05, 0) is 38.0 Å². The summed E-state index contributed by atoms with van der Waals surface area (Å²) < 4.78 is 1.46. The van der Waals surface area contributed by atoms with Crippen molar-refractivity contribution in [2.45, 2.75) is 30.6 Å². The van der Waals surface area contributed by atoms with E-state index in [4.69, 9.17) is 5.84 Å². The van der Waals surface area contributed by atoms with Gasteiger partial charge in [-0.2, -0.15) is 0 Å². The third kappa shape index (κ3) is 5.13. The molecule has 2 N–H and O–H groups in total. The lowest BCUT2D eigenvalue weighted by molar-refractivity contribution is -0.127. The summed E-state index contributed by atoms with van der Waals surface area (Å²) >= 11 is 2.86. The van der Waals surface area contributed by atoms with Gasteiger partial charge in [-0.1, -0.05) is 23.5 Å². The summed E-state index contributed by atoms with van der Waals surface area (Å²) in [4.78, 5) is 17.8. The van der Waals surface area contributed by atoms with E-state index < -0.39 is 0 Å². The lowest BCUT2D eigenvalue weighted by Crippen LogP contribution is -2.32. The molecule has 0 aliphatic rings. The SMILES string of the molecule is CCN(CC)C(=O)CSc1nnc(SCCc2ccncc2)n1N. The summed E-state index contributed by atoms with van der Waals surface area (Å²) in [7, 11) is 0. The molecule has 0 spiro atoms. The highest BCUT2D eigenvalue weighted by atomic mass is 32.2. The van der Waals surface area contributed by atoms with E-state index in [2.05, 4.69) is 15.2 Å². The van der Waals surface area contributed by atoms with Crippen LogP contribution in [0.3, 0.4) is 0 Å². The lowest BCUT2D eigenvalue weighted by Gasteiger charge is -2.17. The van der Waals surface area contributed by atoms with E-state index in [0.717, 1.165) is 12.2 Å². The molecule has 0 aromatic carbocycles. The van der Waals surface area contributed by atoms with Crippen molar-refractivity contribution in [3.8, 4) is 0 Å². The van der Waals surface area contributed by atoms with Gasteiger partial charge in [0.15, 0.2) is 0 Å². The Morgan fingerprint density at radius 1 is 1.17 bits per heavy atom. The van der Waals surface area contributed by atoms with Crippen LogP contribution in [0.2, 0.25) is 0 Å². The summed E-state index contributed by atoms with van der Waals surface area (Å²) in [5.41, 5.74) is 1.22. The van der Waals surface area contributed by atoms with Crippen molar-refractivity contribution in [3.63, 3.8) is 0 Å². The number of hydrogen-bond acceptors (Lipinski definition) is 7. The van der Waals surface area contributed by atoms with Crippen LogP contribution >= 0.6 is 23.5 Å². The van der Waals surface area contributed by atoms with Gasteiger partial charge in [-0.3, -0.25) is 9.78 Å². The molecule has 0 unspecified atom stereocenters. The number of aromatic nitrogens is 4. The van der Waals surface area contributed by atoms with E-state index >= 15 is 0 Å². The molecule has 0 saturated carbocycles. The van der Waals surface area contributed by atoms with Gasteiger partial charge in [0, 0.05) is 31.2 Å². The molecule has 130 valence electrons. The second-order valence-corrected chi connectivity index (χ2v) is 6.95. The molecule has 7 nitrogen and oxygen atoms in total. The molecule has 0 fully saturated rings. The number of aryl methyl sites for hydroxylation is 1. The molecule has 0 atom stereocenters. The zero-order valence-corrected chi connectivity index (χ0v) is 15.5. The van der Waals surface area contributed by atoms with E-state index in [1.54, 1.807) is 29.1 Å². The van der Waals surface area contributed by atoms with Gasteiger partial charge < -0.3 is 10.7 Å². The maximum absolute atomic E-state index is 12.0. The van der Waals surface area contributed by atoms with E-state index in [1.165, 1.54) is 22.0 Å². The fourth-order valence-corrected chi connectivity index (χ4v) is 3.73. The van der Waals surface area contributed by atoms with Crippen molar-refractivity contribution in [3.05, 3.63) is 30.1 Å². The topological polar surface area (TPSA) is 89.9 Å². The van der Waals surface area contributed by atoms with Crippen molar-refractivity contribution in [2.24, 2.45) is 0 Å². The largest absolute Gasteiger partial charge is 0.343 e. The van der Waals surface area contributed by atoms with Gasteiger partial charge in [0.1, 0.15) is 0 Å². The van der Waals surface area contributed by atoms with Crippen molar-refractivity contribution in [1.82, 2.24) is 24.8 Å². The Hall–Kier alpha value is -1.74. The van der Waals surface area contributed by atoms with E-state index in [0.29, 0.717) is 29.2 Å². The Morgan fingerprint density at radius 2 is 1.79 bits per heavy atom. The maximum atomic E-state index is 12.0. The number of carbonyl (C=O) groups excluding carboxylic acids is 1. The molecular formula is C15H22N6OS2. The molecule has 24 heavy (non-hydrogen) atoms. The number of hydrogen-bond donors (Lipinski definition) is 1. The number of thioether (sulfide) groups is 2.